The second-order valence-electron chi connectivity index (χ2n) is 1.79. The van der Waals surface area contributed by atoms with Crippen LogP contribution in [-0.2, 0) is 0 Å². The molecule has 0 aliphatic heterocycles. The highest BCUT2D eigenvalue weighted by atomic mass is 79.9. The van der Waals surface area contributed by atoms with Gasteiger partial charge in [0, 0.05) is 0 Å². The lowest BCUT2D eigenvalue weighted by atomic mass is 10.3. The van der Waals surface area contributed by atoms with Crippen LogP contribution in [-0.4, -0.2) is 2.57 Å². The summed E-state index contributed by atoms with van der Waals surface area (Å²) in [5.41, 5.74) is 0. The molecule has 0 radical (unpaired) electrons. The predicted octanol–water partition coefficient (Wildman–Crippen LogP) is 3.97. The van der Waals surface area contributed by atoms with Gasteiger partial charge in [0.15, 0.2) is 0 Å². The van der Waals surface area contributed by atoms with Gasteiger partial charge in [0.25, 0.3) is 0 Å². The Balaban J connectivity index is 3.71. The van der Waals surface area contributed by atoms with E-state index in [1.54, 1.807) is 0 Å². The fourth-order valence-corrected chi connectivity index (χ4v) is 0.802. The molecule has 8 heavy (non-hydrogen) atoms. The molecule has 0 aliphatic rings. The smallest absolute Gasteiger partial charge is 0.0597 e. The predicted molar refractivity (Wildman–Crippen MR) is 48.9 cm³/mol. The molecule has 0 saturated carbocycles. The molecule has 0 unspecified atom stereocenters. The fourth-order valence-electron chi connectivity index (χ4n) is 0.0891. The average Bonchev–Trinajstić information content (AvgIpc) is 1.67. The Bertz CT molecular complexity index is 74.4. The van der Waals surface area contributed by atoms with E-state index in [1.165, 1.54) is 11.0 Å². The number of alkyl halides is 2. The number of halogens is 3. The summed E-state index contributed by atoms with van der Waals surface area (Å²) in [4.78, 5) is 0. The molecule has 0 bridgehead atoms. The van der Waals surface area contributed by atoms with Crippen LogP contribution >= 0.6 is 53.5 Å². The first-order chi connectivity index (χ1) is 3.50. The highest BCUT2D eigenvalue weighted by Crippen LogP contribution is 2.46. The number of rotatable bonds is 2. The van der Waals surface area contributed by atoms with Crippen molar-refractivity contribution >= 4 is 53.5 Å². The van der Waals surface area contributed by atoms with E-state index in [4.69, 9.17) is 10.7 Å². The molecule has 0 amide bonds. The minimum absolute atomic E-state index is 0.151. The second-order valence-corrected chi connectivity index (χ2v) is 7.67. The largest absolute Gasteiger partial charge is 0.142 e. The van der Waals surface area contributed by atoms with E-state index in [2.05, 4.69) is 45.7 Å². The van der Waals surface area contributed by atoms with Crippen LogP contribution in [0, 0.1) is 5.92 Å². The molecular formula is C4H7Br2ClS. The average molecular weight is 282 g/mol. The zero-order valence-electron chi connectivity index (χ0n) is 4.62. The number of hydrogen-bond acceptors (Lipinski definition) is 1. The summed E-state index contributed by atoms with van der Waals surface area (Å²) in [7, 11) is 6.75. The van der Waals surface area contributed by atoms with Crippen molar-refractivity contribution < 1.29 is 0 Å². The summed E-state index contributed by atoms with van der Waals surface area (Å²) < 4.78 is -0.151. The van der Waals surface area contributed by atoms with Gasteiger partial charge in [-0.3, -0.25) is 0 Å². The molecule has 50 valence electrons. The topological polar surface area (TPSA) is 0 Å². The first-order valence-corrected chi connectivity index (χ1v) is 5.41. The van der Waals surface area contributed by atoms with E-state index >= 15 is 0 Å². The number of hydrogen-bond donors (Lipinski definition) is 0. The van der Waals surface area contributed by atoms with Crippen LogP contribution in [0.2, 0.25) is 0 Å². The molecule has 0 aliphatic carbocycles. The summed E-state index contributed by atoms with van der Waals surface area (Å²) in [5.74, 6) is 0.477. The molecule has 0 saturated heterocycles. The maximum absolute atomic E-state index is 5.51. The lowest BCUT2D eigenvalue weighted by Crippen LogP contribution is -2.11. The standard InChI is InChI=1S/C4H7Br2ClS/c1-3(2)4(5,6)8-7/h3H,1-2H3. The van der Waals surface area contributed by atoms with Crippen LogP contribution in [0.5, 0.6) is 0 Å². The van der Waals surface area contributed by atoms with Gasteiger partial charge in [0.2, 0.25) is 0 Å². The molecule has 0 aromatic rings. The van der Waals surface area contributed by atoms with Crippen molar-refractivity contribution in [1.29, 1.82) is 0 Å². The molecule has 0 aromatic carbocycles. The highest BCUT2D eigenvalue weighted by Gasteiger charge is 2.26. The Kier molecular flexibility index (Phi) is 4.43. The maximum atomic E-state index is 5.51. The Labute approximate surface area is 75.5 Å². The van der Waals surface area contributed by atoms with Crippen LogP contribution in [0.15, 0.2) is 0 Å². The van der Waals surface area contributed by atoms with Crippen LogP contribution in [0.1, 0.15) is 13.8 Å². The van der Waals surface area contributed by atoms with Crippen LogP contribution in [0.4, 0.5) is 0 Å². The van der Waals surface area contributed by atoms with Gasteiger partial charge in [-0.15, -0.1) is 0 Å². The van der Waals surface area contributed by atoms with Crippen molar-refractivity contribution in [2.45, 2.75) is 16.4 Å². The van der Waals surface area contributed by atoms with Gasteiger partial charge in [-0.25, -0.2) is 0 Å². The lowest BCUT2D eigenvalue weighted by Gasteiger charge is -2.19. The van der Waals surface area contributed by atoms with Crippen LogP contribution in [0.3, 0.4) is 0 Å². The fraction of sp³-hybridized carbons (Fsp3) is 1.00. The Hall–Kier alpha value is 1.60. The highest BCUT2D eigenvalue weighted by molar-refractivity contribution is 9.28. The van der Waals surface area contributed by atoms with E-state index in [9.17, 15) is 0 Å². The van der Waals surface area contributed by atoms with Gasteiger partial charge in [-0.05, 0) is 27.6 Å². The Morgan fingerprint density at radius 1 is 1.50 bits per heavy atom. The first kappa shape index (κ1) is 9.60. The molecule has 0 nitrogen and oxygen atoms in total. The molecule has 0 N–H and O–H groups in total. The van der Waals surface area contributed by atoms with Gasteiger partial charge in [0.1, 0.15) is 2.57 Å². The first-order valence-electron chi connectivity index (χ1n) is 2.18. The third-order valence-electron chi connectivity index (χ3n) is 0.775. The SMILES string of the molecule is CC(C)C(Br)(Br)SCl. The van der Waals surface area contributed by atoms with Crippen molar-refractivity contribution in [1.82, 2.24) is 0 Å². The third kappa shape index (κ3) is 2.95. The summed E-state index contributed by atoms with van der Waals surface area (Å²) in [6.45, 7) is 4.16. The monoisotopic (exact) mass is 280 g/mol. The van der Waals surface area contributed by atoms with E-state index in [0.717, 1.165) is 0 Å². The zero-order chi connectivity index (χ0) is 6.78. The van der Waals surface area contributed by atoms with Crippen molar-refractivity contribution in [3.63, 3.8) is 0 Å². The van der Waals surface area contributed by atoms with Crippen molar-refractivity contribution in [3.8, 4) is 0 Å². The summed E-state index contributed by atoms with van der Waals surface area (Å²) in [6, 6.07) is 0. The molecule has 0 fully saturated rings. The molecule has 0 atom stereocenters. The van der Waals surface area contributed by atoms with Crippen molar-refractivity contribution in [2.75, 3.05) is 0 Å². The molecule has 0 spiro atoms. The van der Waals surface area contributed by atoms with Crippen molar-refractivity contribution in [3.05, 3.63) is 0 Å². The zero-order valence-corrected chi connectivity index (χ0v) is 9.36. The minimum Gasteiger partial charge on any atom is -0.0597 e. The minimum atomic E-state index is -0.151. The van der Waals surface area contributed by atoms with E-state index in [0.29, 0.717) is 5.92 Å². The Morgan fingerprint density at radius 3 is 1.88 bits per heavy atom. The van der Waals surface area contributed by atoms with Crippen LogP contribution in [0.25, 0.3) is 0 Å². The van der Waals surface area contributed by atoms with E-state index < -0.39 is 0 Å². The van der Waals surface area contributed by atoms with E-state index in [1.807, 2.05) is 0 Å². The molecule has 0 rings (SSSR count). The summed E-state index contributed by atoms with van der Waals surface area (Å²) in [5, 5.41) is 0. The van der Waals surface area contributed by atoms with Gasteiger partial charge >= 0.3 is 0 Å². The van der Waals surface area contributed by atoms with E-state index in [-0.39, 0.29) is 2.57 Å². The second kappa shape index (κ2) is 3.69. The van der Waals surface area contributed by atoms with Gasteiger partial charge in [-0.1, -0.05) is 45.7 Å². The third-order valence-corrected chi connectivity index (χ3v) is 6.10. The lowest BCUT2D eigenvalue weighted by molar-refractivity contribution is 0.708. The molecular weight excluding hydrogens is 275 g/mol. The van der Waals surface area contributed by atoms with Crippen LogP contribution < -0.4 is 0 Å². The Morgan fingerprint density at radius 2 is 1.88 bits per heavy atom. The van der Waals surface area contributed by atoms with Gasteiger partial charge in [-0.2, -0.15) is 0 Å². The molecule has 0 heterocycles. The summed E-state index contributed by atoms with van der Waals surface area (Å²) >= 11 is 6.79. The quantitative estimate of drug-likeness (QED) is 0.691. The molecule has 4 heteroatoms. The summed E-state index contributed by atoms with van der Waals surface area (Å²) in [6.07, 6.45) is 0. The maximum Gasteiger partial charge on any atom is 0.142 e. The molecule has 0 aromatic heterocycles. The van der Waals surface area contributed by atoms with Gasteiger partial charge in [0.05, 0.1) is 0 Å². The van der Waals surface area contributed by atoms with Crippen molar-refractivity contribution in [2.24, 2.45) is 5.92 Å². The van der Waals surface area contributed by atoms with Gasteiger partial charge < -0.3 is 0 Å². The normalized spacial score (nSPS) is 12.8.